The van der Waals surface area contributed by atoms with Crippen molar-refractivity contribution >= 4 is 11.3 Å². The maximum absolute atomic E-state index is 5.64. The van der Waals surface area contributed by atoms with E-state index in [-0.39, 0.29) is 0 Å². The lowest BCUT2D eigenvalue weighted by Crippen LogP contribution is -2.17. The molecule has 3 rings (SSSR count). The van der Waals surface area contributed by atoms with E-state index in [1.807, 2.05) is 0 Å². The number of rotatable bonds is 8. The summed E-state index contributed by atoms with van der Waals surface area (Å²) in [5.74, 6) is 0. The zero-order chi connectivity index (χ0) is 12.9. The smallest absolute Gasteiger partial charge is 0.117 e. The molecule has 1 N–H and O–H groups in total. The first kappa shape index (κ1) is 13.5. The predicted molar refractivity (Wildman–Crippen MR) is 76.5 cm³/mol. The van der Waals surface area contributed by atoms with Crippen molar-refractivity contribution in [3.8, 4) is 0 Å². The van der Waals surface area contributed by atoms with Gasteiger partial charge in [0.05, 0.1) is 6.10 Å². The monoisotopic (exact) mass is 281 g/mol. The third-order valence-corrected chi connectivity index (χ3v) is 4.83. The second-order valence-corrected chi connectivity index (χ2v) is 6.74. The van der Waals surface area contributed by atoms with Gasteiger partial charge in [0, 0.05) is 25.5 Å². The van der Waals surface area contributed by atoms with Crippen LogP contribution in [0, 0.1) is 0 Å². The minimum atomic E-state index is 0.468. The molecule has 1 atom stereocenters. The van der Waals surface area contributed by atoms with Crippen LogP contribution < -0.4 is 5.32 Å². The molecule has 0 bridgehead atoms. The summed E-state index contributed by atoms with van der Waals surface area (Å²) in [6.07, 6.45) is 10.0. The van der Waals surface area contributed by atoms with E-state index in [0.29, 0.717) is 6.10 Å². The molecule has 2 aliphatic rings. The Morgan fingerprint density at radius 2 is 2.00 bits per heavy atom. The molecule has 5 heteroatoms. The Balaban J connectivity index is 1.33. The summed E-state index contributed by atoms with van der Waals surface area (Å²) in [6.45, 7) is 2.07. The average Bonchev–Trinajstić information content (AvgIpc) is 2.92. The lowest BCUT2D eigenvalue weighted by atomic mass is 10.1. The number of ether oxygens (including phenoxy) is 1. The Hall–Kier alpha value is -0.520. The third-order valence-electron chi connectivity index (χ3n) is 3.79. The van der Waals surface area contributed by atoms with Crippen molar-refractivity contribution in [3.63, 3.8) is 0 Å². The van der Waals surface area contributed by atoms with E-state index < -0.39 is 0 Å². The standard InChI is InChI=1S/C14H23N3OS/c1(9-15-11-5-6-11)4-13-16-17-14(19-13)8-7-12-3-2-10-18-12/h11-12,15H,1-10H2. The van der Waals surface area contributed by atoms with Gasteiger partial charge in [0.25, 0.3) is 0 Å². The molecule has 1 unspecified atom stereocenters. The van der Waals surface area contributed by atoms with Crippen molar-refractivity contribution in [2.24, 2.45) is 0 Å². The Bertz CT molecular complexity index is 386. The fourth-order valence-corrected chi connectivity index (χ4v) is 3.38. The van der Waals surface area contributed by atoms with Crippen LogP contribution >= 0.6 is 11.3 Å². The molecule has 4 nitrogen and oxygen atoms in total. The molecule has 19 heavy (non-hydrogen) atoms. The van der Waals surface area contributed by atoms with Crippen LogP contribution in [0.25, 0.3) is 0 Å². The number of nitrogens with zero attached hydrogens (tertiary/aromatic N) is 2. The Morgan fingerprint density at radius 1 is 1.16 bits per heavy atom. The van der Waals surface area contributed by atoms with Gasteiger partial charge in [-0.15, -0.1) is 21.5 Å². The zero-order valence-electron chi connectivity index (χ0n) is 11.4. The van der Waals surface area contributed by atoms with Crippen molar-refractivity contribution in [1.82, 2.24) is 15.5 Å². The summed E-state index contributed by atoms with van der Waals surface area (Å²) in [5, 5.41) is 14.5. The lowest BCUT2D eigenvalue weighted by Gasteiger charge is -2.06. The summed E-state index contributed by atoms with van der Waals surface area (Å²) < 4.78 is 5.64. The molecule has 1 saturated heterocycles. The second-order valence-electron chi connectivity index (χ2n) is 5.60. The van der Waals surface area contributed by atoms with Crippen molar-refractivity contribution in [3.05, 3.63) is 10.0 Å². The Kier molecular flexibility index (Phi) is 4.80. The number of nitrogens with one attached hydrogen (secondary N) is 1. The highest BCUT2D eigenvalue weighted by Crippen LogP contribution is 2.20. The number of hydrogen-bond acceptors (Lipinski definition) is 5. The topological polar surface area (TPSA) is 47.0 Å². The van der Waals surface area contributed by atoms with Gasteiger partial charge in [0.1, 0.15) is 10.0 Å². The molecule has 1 aliphatic heterocycles. The van der Waals surface area contributed by atoms with Gasteiger partial charge in [-0.3, -0.25) is 0 Å². The maximum atomic E-state index is 5.64. The van der Waals surface area contributed by atoms with Crippen molar-refractivity contribution in [1.29, 1.82) is 0 Å². The van der Waals surface area contributed by atoms with Crippen molar-refractivity contribution < 1.29 is 4.74 Å². The number of aromatic nitrogens is 2. The van der Waals surface area contributed by atoms with E-state index in [4.69, 9.17) is 4.74 Å². The van der Waals surface area contributed by atoms with Crippen LogP contribution in [0.2, 0.25) is 0 Å². The molecular formula is C14H23N3OS. The highest BCUT2D eigenvalue weighted by molar-refractivity contribution is 7.11. The average molecular weight is 281 g/mol. The van der Waals surface area contributed by atoms with Crippen molar-refractivity contribution in [2.75, 3.05) is 13.2 Å². The SMILES string of the molecule is C(CNC1CC1)Cc1nnc(CCC2CCCO2)s1. The van der Waals surface area contributed by atoms with Gasteiger partial charge < -0.3 is 10.1 Å². The van der Waals surface area contributed by atoms with E-state index in [9.17, 15) is 0 Å². The predicted octanol–water partition coefficient (Wildman–Crippen LogP) is 2.33. The van der Waals surface area contributed by atoms with E-state index in [0.717, 1.165) is 38.5 Å². The van der Waals surface area contributed by atoms with Gasteiger partial charge in [-0.2, -0.15) is 0 Å². The van der Waals surface area contributed by atoms with Gasteiger partial charge in [-0.25, -0.2) is 0 Å². The third kappa shape index (κ3) is 4.51. The fraction of sp³-hybridized carbons (Fsp3) is 0.857. The molecule has 1 aromatic rings. The maximum Gasteiger partial charge on any atom is 0.117 e. The van der Waals surface area contributed by atoms with E-state index in [1.54, 1.807) is 11.3 Å². The van der Waals surface area contributed by atoms with Crippen LogP contribution in [-0.4, -0.2) is 35.5 Å². The molecule has 2 heterocycles. The summed E-state index contributed by atoms with van der Waals surface area (Å²) >= 11 is 1.79. The fourth-order valence-electron chi connectivity index (χ4n) is 2.48. The summed E-state index contributed by atoms with van der Waals surface area (Å²) in [4.78, 5) is 0. The van der Waals surface area contributed by atoms with Crippen LogP contribution in [0.3, 0.4) is 0 Å². The molecule has 2 fully saturated rings. The van der Waals surface area contributed by atoms with Crippen LogP contribution in [0.1, 0.15) is 48.5 Å². The van der Waals surface area contributed by atoms with Crippen molar-refractivity contribution in [2.45, 2.75) is 63.5 Å². The van der Waals surface area contributed by atoms with Crippen LogP contribution in [-0.2, 0) is 17.6 Å². The summed E-state index contributed by atoms with van der Waals surface area (Å²) in [5.41, 5.74) is 0. The first-order valence-corrected chi connectivity index (χ1v) is 8.38. The molecule has 0 spiro atoms. The number of aryl methyl sites for hydroxylation is 2. The van der Waals surface area contributed by atoms with Crippen LogP contribution in [0.15, 0.2) is 0 Å². The first-order chi connectivity index (χ1) is 9.40. The van der Waals surface area contributed by atoms with Gasteiger partial charge in [-0.1, -0.05) is 0 Å². The van der Waals surface area contributed by atoms with E-state index in [1.165, 1.54) is 42.1 Å². The molecule has 1 aromatic heterocycles. The van der Waals surface area contributed by atoms with E-state index >= 15 is 0 Å². The Labute approximate surface area is 119 Å². The quantitative estimate of drug-likeness (QED) is 0.743. The molecule has 0 aromatic carbocycles. The Morgan fingerprint density at radius 3 is 2.74 bits per heavy atom. The van der Waals surface area contributed by atoms with Gasteiger partial charge in [0.2, 0.25) is 0 Å². The molecule has 106 valence electrons. The lowest BCUT2D eigenvalue weighted by molar-refractivity contribution is 0.104. The largest absolute Gasteiger partial charge is 0.378 e. The van der Waals surface area contributed by atoms with Crippen LogP contribution in [0.4, 0.5) is 0 Å². The van der Waals surface area contributed by atoms with Gasteiger partial charge >= 0.3 is 0 Å². The molecule has 0 radical (unpaired) electrons. The minimum Gasteiger partial charge on any atom is -0.378 e. The summed E-state index contributed by atoms with van der Waals surface area (Å²) in [6, 6.07) is 0.816. The molecule has 1 saturated carbocycles. The summed E-state index contributed by atoms with van der Waals surface area (Å²) in [7, 11) is 0. The van der Waals surface area contributed by atoms with E-state index in [2.05, 4.69) is 15.5 Å². The normalized spacial score (nSPS) is 23.1. The van der Waals surface area contributed by atoms with Gasteiger partial charge in [0.15, 0.2) is 0 Å². The zero-order valence-corrected chi connectivity index (χ0v) is 12.3. The molecule has 1 aliphatic carbocycles. The highest BCUT2D eigenvalue weighted by Gasteiger charge is 2.19. The number of hydrogen-bond donors (Lipinski definition) is 1. The molecule has 0 amide bonds. The van der Waals surface area contributed by atoms with Gasteiger partial charge in [-0.05, 0) is 45.1 Å². The second kappa shape index (κ2) is 6.77. The van der Waals surface area contributed by atoms with Crippen LogP contribution in [0.5, 0.6) is 0 Å². The first-order valence-electron chi connectivity index (χ1n) is 7.56. The molecular weight excluding hydrogens is 258 g/mol. The minimum absolute atomic E-state index is 0.468. The highest BCUT2D eigenvalue weighted by atomic mass is 32.1.